The zero-order valence-electron chi connectivity index (χ0n) is 17.0. The van der Waals surface area contributed by atoms with Gasteiger partial charge in [0.2, 0.25) is 0 Å². The maximum Gasteiger partial charge on any atom is 0.140 e. The van der Waals surface area contributed by atoms with Crippen molar-refractivity contribution < 1.29 is 9.13 Å². The summed E-state index contributed by atoms with van der Waals surface area (Å²) >= 11 is 3.41. The number of halogens is 1. The Morgan fingerprint density at radius 1 is 0.871 bits per heavy atom. The molecule has 3 heterocycles. The molecule has 0 spiro atoms. The fourth-order valence-electron chi connectivity index (χ4n) is 3.68. The average Bonchev–Trinajstić information content (AvgIpc) is 3.41. The minimum Gasteiger partial charge on any atom is -0.486 e. The van der Waals surface area contributed by atoms with Gasteiger partial charge in [0.25, 0.3) is 0 Å². The van der Waals surface area contributed by atoms with Crippen molar-refractivity contribution in [2.75, 3.05) is 26.2 Å². The van der Waals surface area contributed by atoms with Gasteiger partial charge in [-0.25, -0.2) is 14.4 Å². The lowest BCUT2D eigenvalue weighted by molar-refractivity contribution is 0.121. The molecule has 0 aliphatic carbocycles. The van der Waals surface area contributed by atoms with Crippen molar-refractivity contribution >= 4 is 32.9 Å². The molecule has 1 fully saturated rings. The van der Waals surface area contributed by atoms with Crippen LogP contribution in [0.4, 0.5) is 4.39 Å². The molecule has 160 valence electrons. The van der Waals surface area contributed by atoms with E-state index >= 15 is 0 Å². The number of thiazole rings is 2. The van der Waals surface area contributed by atoms with Gasteiger partial charge in [-0.15, -0.1) is 22.7 Å². The Hall–Kier alpha value is -2.39. The number of rotatable bonds is 7. The van der Waals surface area contributed by atoms with E-state index in [9.17, 15) is 4.39 Å². The van der Waals surface area contributed by atoms with Crippen molar-refractivity contribution in [1.82, 2.24) is 19.8 Å². The highest BCUT2D eigenvalue weighted by Gasteiger charge is 2.19. The fraction of sp³-hybridized carbons (Fsp3) is 0.304. The van der Waals surface area contributed by atoms with Crippen LogP contribution in [0.25, 0.3) is 10.2 Å². The van der Waals surface area contributed by atoms with E-state index in [0.29, 0.717) is 12.4 Å². The predicted octanol–water partition coefficient (Wildman–Crippen LogP) is 4.79. The molecule has 2 aromatic carbocycles. The van der Waals surface area contributed by atoms with Gasteiger partial charge in [0, 0.05) is 38.1 Å². The monoisotopic (exact) mass is 454 g/mol. The average molecular weight is 455 g/mol. The largest absolute Gasteiger partial charge is 0.486 e. The summed E-state index contributed by atoms with van der Waals surface area (Å²) in [5.74, 6) is 0.395. The lowest BCUT2D eigenvalue weighted by atomic mass is 10.3. The molecule has 0 N–H and O–H groups in total. The van der Waals surface area contributed by atoms with E-state index < -0.39 is 0 Å². The Morgan fingerprint density at radius 3 is 2.39 bits per heavy atom. The van der Waals surface area contributed by atoms with Crippen LogP contribution in [0.3, 0.4) is 0 Å². The van der Waals surface area contributed by atoms with Gasteiger partial charge in [-0.3, -0.25) is 9.80 Å². The maximum atomic E-state index is 13.0. The smallest absolute Gasteiger partial charge is 0.140 e. The molecule has 5 rings (SSSR count). The molecule has 0 radical (unpaired) electrons. The van der Waals surface area contributed by atoms with Crippen LogP contribution in [-0.2, 0) is 19.7 Å². The molecule has 0 unspecified atom stereocenters. The first-order valence-corrected chi connectivity index (χ1v) is 12.0. The topological polar surface area (TPSA) is 41.5 Å². The Balaban J connectivity index is 1.08. The first-order valence-electron chi connectivity index (χ1n) is 10.3. The Morgan fingerprint density at radius 2 is 1.61 bits per heavy atom. The predicted molar refractivity (Wildman–Crippen MR) is 123 cm³/mol. The van der Waals surface area contributed by atoms with Crippen molar-refractivity contribution in [3.63, 3.8) is 0 Å². The third-order valence-corrected chi connectivity index (χ3v) is 7.22. The molecule has 2 aromatic heterocycles. The summed E-state index contributed by atoms with van der Waals surface area (Å²) in [7, 11) is 0. The number of para-hydroxylation sites is 1. The summed E-state index contributed by atoms with van der Waals surface area (Å²) in [5.41, 5.74) is 2.19. The molecule has 0 saturated carbocycles. The molecule has 1 aliphatic heterocycles. The van der Waals surface area contributed by atoms with Gasteiger partial charge in [-0.05, 0) is 36.4 Å². The third-order valence-electron chi connectivity index (χ3n) is 5.32. The molecule has 1 aliphatic rings. The molecule has 5 nitrogen and oxygen atoms in total. The van der Waals surface area contributed by atoms with Crippen LogP contribution in [0, 0.1) is 5.82 Å². The highest BCUT2D eigenvalue weighted by Crippen LogP contribution is 2.23. The molecule has 0 bridgehead atoms. The number of aromatic nitrogens is 2. The molecule has 4 aromatic rings. The van der Waals surface area contributed by atoms with E-state index in [1.165, 1.54) is 21.8 Å². The summed E-state index contributed by atoms with van der Waals surface area (Å²) in [5, 5.41) is 4.24. The summed E-state index contributed by atoms with van der Waals surface area (Å²) in [6.07, 6.45) is 0. The highest BCUT2D eigenvalue weighted by molar-refractivity contribution is 7.18. The van der Waals surface area contributed by atoms with Crippen molar-refractivity contribution in [3.05, 3.63) is 75.4 Å². The first-order chi connectivity index (χ1) is 15.2. The second-order valence-electron chi connectivity index (χ2n) is 7.60. The van der Waals surface area contributed by atoms with Gasteiger partial charge in [-0.1, -0.05) is 12.1 Å². The molecular formula is C23H23FN4OS2. The number of nitrogens with zero attached hydrogens (tertiary/aromatic N) is 4. The van der Waals surface area contributed by atoms with Crippen molar-refractivity contribution in [2.45, 2.75) is 19.7 Å². The van der Waals surface area contributed by atoms with Gasteiger partial charge < -0.3 is 4.74 Å². The van der Waals surface area contributed by atoms with Crippen LogP contribution in [0.1, 0.15) is 15.7 Å². The minimum absolute atomic E-state index is 0.260. The van der Waals surface area contributed by atoms with Crippen molar-refractivity contribution in [3.8, 4) is 5.75 Å². The number of hydrogen-bond donors (Lipinski definition) is 0. The first kappa shape index (κ1) is 20.5. The SMILES string of the molecule is Fc1ccc(OCc2nc(CN3CCN(Cc4nc5ccccc5s4)CC3)cs2)cc1. The van der Waals surface area contributed by atoms with Crippen LogP contribution >= 0.6 is 22.7 Å². The summed E-state index contributed by atoms with van der Waals surface area (Å²) in [6, 6.07) is 14.4. The Labute approximate surface area is 188 Å². The lowest BCUT2D eigenvalue weighted by Gasteiger charge is -2.33. The lowest BCUT2D eigenvalue weighted by Crippen LogP contribution is -2.45. The summed E-state index contributed by atoms with van der Waals surface area (Å²) < 4.78 is 19.9. The molecule has 1 saturated heterocycles. The number of hydrogen-bond acceptors (Lipinski definition) is 7. The molecule has 0 amide bonds. The fourth-order valence-corrected chi connectivity index (χ4v) is 5.38. The van der Waals surface area contributed by atoms with Crippen LogP contribution in [0.2, 0.25) is 0 Å². The van der Waals surface area contributed by atoms with Gasteiger partial charge in [0.15, 0.2) is 0 Å². The molecular weight excluding hydrogens is 431 g/mol. The number of piperazine rings is 1. The Kier molecular flexibility index (Phi) is 6.22. The molecule has 8 heteroatoms. The standard InChI is InChI=1S/C23H23FN4OS2/c24-17-5-7-19(8-6-17)29-15-23-25-18(16-30-23)13-27-9-11-28(12-10-27)14-22-26-20-3-1-2-4-21(20)31-22/h1-8,16H,9-15H2. The zero-order valence-corrected chi connectivity index (χ0v) is 18.7. The second-order valence-corrected chi connectivity index (χ2v) is 9.66. The van der Waals surface area contributed by atoms with E-state index in [4.69, 9.17) is 14.7 Å². The third kappa shape index (κ3) is 5.27. The van der Waals surface area contributed by atoms with Crippen LogP contribution in [-0.4, -0.2) is 45.9 Å². The van der Waals surface area contributed by atoms with E-state index in [-0.39, 0.29) is 5.82 Å². The van der Waals surface area contributed by atoms with Gasteiger partial charge >= 0.3 is 0 Å². The quantitative estimate of drug-likeness (QED) is 0.402. The second kappa shape index (κ2) is 9.40. The normalized spacial score (nSPS) is 15.5. The van der Waals surface area contributed by atoms with Gasteiger partial charge in [0.05, 0.1) is 22.5 Å². The van der Waals surface area contributed by atoms with Crippen LogP contribution in [0.5, 0.6) is 5.75 Å². The van der Waals surface area contributed by atoms with Gasteiger partial charge in [0.1, 0.15) is 28.2 Å². The van der Waals surface area contributed by atoms with E-state index in [0.717, 1.165) is 55.5 Å². The van der Waals surface area contributed by atoms with Crippen LogP contribution in [0.15, 0.2) is 53.9 Å². The van der Waals surface area contributed by atoms with E-state index in [1.54, 1.807) is 34.8 Å². The highest BCUT2D eigenvalue weighted by atomic mass is 32.1. The minimum atomic E-state index is -0.260. The Bertz CT molecular complexity index is 1100. The summed E-state index contributed by atoms with van der Waals surface area (Å²) in [4.78, 5) is 14.4. The molecule has 31 heavy (non-hydrogen) atoms. The van der Waals surface area contributed by atoms with E-state index in [1.807, 2.05) is 6.07 Å². The number of benzene rings is 2. The van der Waals surface area contributed by atoms with Gasteiger partial charge in [-0.2, -0.15) is 0 Å². The number of ether oxygens (including phenoxy) is 1. The number of fused-ring (bicyclic) bond motifs is 1. The van der Waals surface area contributed by atoms with Crippen LogP contribution < -0.4 is 4.74 Å². The van der Waals surface area contributed by atoms with E-state index in [2.05, 4.69) is 33.4 Å². The maximum absolute atomic E-state index is 13.0. The van der Waals surface area contributed by atoms with Crippen molar-refractivity contribution in [2.24, 2.45) is 0 Å². The molecule has 0 atom stereocenters. The zero-order chi connectivity index (χ0) is 21.0. The van der Waals surface area contributed by atoms with Crippen molar-refractivity contribution in [1.29, 1.82) is 0 Å². The summed E-state index contributed by atoms with van der Waals surface area (Å²) in [6.45, 7) is 6.35.